The van der Waals surface area contributed by atoms with Gasteiger partial charge in [-0.3, -0.25) is 0 Å². The van der Waals surface area contributed by atoms with E-state index >= 15 is 0 Å². The van der Waals surface area contributed by atoms with E-state index in [4.69, 9.17) is 0 Å². The molecule has 0 aliphatic carbocycles. The van der Waals surface area contributed by atoms with Gasteiger partial charge in [-0.15, -0.1) is 0 Å². The predicted octanol–water partition coefficient (Wildman–Crippen LogP) is 3.39. The third-order valence-corrected chi connectivity index (χ3v) is 3.91. The lowest BCUT2D eigenvalue weighted by atomic mass is 10.1. The van der Waals surface area contributed by atoms with Gasteiger partial charge in [0, 0.05) is 37.7 Å². The van der Waals surface area contributed by atoms with Gasteiger partial charge in [0.15, 0.2) is 0 Å². The summed E-state index contributed by atoms with van der Waals surface area (Å²) < 4.78 is 0. The summed E-state index contributed by atoms with van der Waals surface area (Å²) in [5.74, 6) is 0.689. The third kappa shape index (κ3) is 3.51. The molecular formula is C17H22N4. The summed E-state index contributed by atoms with van der Waals surface area (Å²) in [6.45, 7) is 5.08. The molecule has 21 heavy (non-hydrogen) atoms. The van der Waals surface area contributed by atoms with Crippen molar-refractivity contribution < 1.29 is 0 Å². The molecule has 0 radical (unpaired) electrons. The highest BCUT2D eigenvalue weighted by Gasteiger charge is 2.13. The standard InChI is InChI=1S/C17H22N4/c1-14-11-18-17(19-12-14)20-13-15-7-3-4-8-16(15)21-9-5-2-6-10-21/h3-4,7-8,11-12H,2,5-6,9-10,13H2,1H3,(H,18,19,20). The van der Waals surface area contributed by atoms with Crippen molar-refractivity contribution in [2.45, 2.75) is 32.7 Å². The number of anilines is 2. The van der Waals surface area contributed by atoms with Crippen molar-refractivity contribution in [3.8, 4) is 0 Å². The van der Waals surface area contributed by atoms with Gasteiger partial charge in [0.05, 0.1) is 0 Å². The fourth-order valence-electron chi connectivity index (χ4n) is 2.76. The van der Waals surface area contributed by atoms with Crippen molar-refractivity contribution in [2.24, 2.45) is 0 Å². The molecule has 2 aromatic rings. The number of hydrogen-bond acceptors (Lipinski definition) is 4. The number of nitrogens with one attached hydrogen (secondary N) is 1. The summed E-state index contributed by atoms with van der Waals surface area (Å²) in [6.07, 6.45) is 7.62. The van der Waals surface area contributed by atoms with Gasteiger partial charge in [0.25, 0.3) is 0 Å². The van der Waals surface area contributed by atoms with Crippen molar-refractivity contribution in [3.63, 3.8) is 0 Å². The number of benzene rings is 1. The molecule has 0 unspecified atom stereocenters. The van der Waals surface area contributed by atoms with E-state index in [1.165, 1.54) is 30.5 Å². The Morgan fingerprint density at radius 2 is 1.76 bits per heavy atom. The first-order valence-corrected chi connectivity index (χ1v) is 7.68. The van der Waals surface area contributed by atoms with E-state index < -0.39 is 0 Å². The highest BCUT2D eigenvalue weighted by molar-refractivity contribution is 5.54. The highest BCUT2D eigenvalue weighted by Crippen LogP contribution is 2.24. The van der Waals surface area contributed by atoms with Crippen LogP contribution in [0.4, 0.5) is 11.6 Å². The number of nitrogens with zero attached hydrogens (tertiary/aromatic N) is 3. The lowest BCUT2D eigenvalue weighted by molar-refractivity contribution is 0.576. The maximum atomic E-state index is 4.30. The first kappa shape index (κ1) is 13.9. The minimum atomic E-state index is 0.689. The van der Waals surface area contributed by atoms with Crippen molar-refractivity contribution in [2.75, 3.05) is 23.3 Å². The number of rotatable bonds is 4. The summed E-state index contributed by atoms with van der Waals surface area (Å²) in [4.78, 5) is 11.1. The molecular weight excluding hydrogens is 260 g/mol. The van der Waals surface area contributed by atoms with Crippen LogP contribution in [0.3, 0.4) is 0 Å². The average molecular weight is 282 g/mol. The summed E-state index contributed by atoms with van der Waals surface area (Å²) in [7, 11) is 0. The summed E-state index contributed by atoms with van der Waals surface area (Å²) in [5, 5.41) is 3.32. The van der Waals surface area contributed by atoms with Gasteiger partial charge in [-0.05, 0) is 43.4 Å². The van der Waals surface area contributed by atoms with Crippen molar-refractivity contribution in [1.82, 2.24) is 9.97 Å². The van der Waals surface area contributed by atoms with E-state index in [9.17, 15) is 0 Å². The Bertz CT molecular complexity index is 574. The van der Waals surface area contributed by atoms with Gasteiger partial charge in [-0.2, -0.15) is 0 Å². The Labute approximate surface area is 126 Å². The molecule has 0 bridgehead atoms. The van der Waals surface area contributed by atoms with Gasteiger partial charge < -0.3 is 10.2 Å². The predicted molar refractivity (Wildman–Crippen MR) is 86.6 cm³/mol. The second kappa shape index (κ2) is 6.57. The molecule has 3 rings (SSSR count). The molecule has 1 aromatic heterocycles. The molecule has 1 fully saturated rings. The molecule has 4 nitrogen and oxygen atoms in total. The molecule has 1 aromatic carbocycles. The quantitative estimate of drug-likeness (QED) is 0.933. The van der Waals surface area contributed by atoms with Crippen LogP contribution in [0.1, 0.15) is 30.4 Å². The molecule has 1 saturated heterocycles. The van der Waals surface area contributed by atoms with Gasteiger partial charge >= 0.3 is 0 Å². The molecule has 0 amide bonds. The van der Waals surface area contributed by atoms with E-state index in [0.717, 1.165) is 25.2 Å². The van der Waals surface area contributed by atoms with Gasteiger partial charge in [-0.1, -0.05) is 18.2 Å². The molecule has 2 heterocycles. The van der Waals surface area contributed by atoms with Crippen LogP contribution in [0.15, 0.2) is 36.7 Å². The fraction of sp³-hybridized carbons (Fsp3) is 0.412. The summed E-state index contributed by atoms with van der Waals surface area (Å²) in [5.41, 5.74) is 3.73. The number of piperidine rings is 1. The maximum absolute atomic E-state index is 4.30. The van der Waals surface area contributed by atoms with Crippen molar-refractivity contribution in [3.05, 3.63) is 47.8 Å². The molecule has 4 heteroatoms. The van der Waals surface area contributed by atoms with Crippen LogP contribution >= 0.6 is 0 Å². The third-order valence-electron chi connectivity index (χ3n) is 3.91. The summed E-state index contributed by atoms with van der Waals surface area (Å²) in [6, 6.07) is 8.62. The first-order chi connectivity index (χ1) is 10.3. The molecule has 110 valence electrons. The van der Waals surface area contributed by atoms with E-state index in [1.54, 1.807) is 0 Å². The monoisotopic (exact) mass is 282 g/mol. The first-order valence-electron chi connectivity index (χ1n) is 7.68. The Morgan fingerprint density at radius 1 is 1.05 bits per heavy atom. The zero-order valence-corrected chi connectivity index (χ0v) is 12.5. The van der Waals surface area contributed by atoms with Gasteiger partial charge in [-0.25, -0.2) is 9.97 Å². The van der Waals surface area contributed by atoms with Crippen LogP contribution < -0.4 is 10.2 Å². The Morgan fingerprint density at radius 3 is 2.52 bits per heavy atom. The topological polar surface area (TPSA) is 41.1 Å². The van der Waals surface area contributed by atoms with E-state index in [0.29, 0.717) is 5.95 Å². The minimum absolute atomic E-state index is 0.689. The highest BCUT2D eigenvalue weighted by atomic mass is 15.1. The van der Waals surface area contributed by atoms with Gasteiger partial charge in [0.2, 0.25) is 5.95 Å². The van der Waals surface area contributed by atoms with Crippen LogP contribution in [-0.2, 0) is 6.54 Å². The molecule has 0 spiro atoms. The Hall–Kier alpha value is -2.10. The average Bonchev–Trinajstić information content (AvgIpc) is 2.55. The smallest absolute Gasteiger partial charge is 0.222 e. The van der Waals surface area contributed by atoms with Crippen LogP contribution in [0.5, 0.6) is 0 Å². The second-order valence-corrected chi connectivity index (χ2v) is 5.61. The second-order valence-electron chi connectivity index (χ2n) is 5.61. The van der Waals surface area contributed by atoms with Crippen molar-refractivity contribution >= 4 is 11.6 Å². The number of aromatic nitrogens is 2. The normalized spacial score (nSPS) is 15.0. The number of hydrogen-bond donors (Lipinski definition) is 1. The number of para-hydroxylation sites is 1. The molecule has 0 saturated carbocycles. The van der Waals surface area contributed by atoms with Crippen molar-refractivity contribution in [1.29, 1.82) is 0 Å². The van der Waals surface area contributed by atoms with Crippen LogP contribution in [-0.4, -0.2) is 23.1 Å². The minimum Gasteiger partial charge on any atom is -0.371 e. The maximum Gasteiger partial charge on any atom is 0.222 e. The lowest BCUT2D eigenvalue weighted by Gasteiger charge is -2.30. The van der Waals surface area contributed by atoms with Crippen LogP contribution in [0, 0.1) is 6.92 Å². The SMILES string of the molecule is Cc1cnc(NCc2ccccc2N2CCCCC2)nc1. The lowest BCUT2D eigenvalue weighted by Crippen LogP contribution is -2.30. The zero-order chi connectivity index (χ0) is 14.5. The van der Waals surface area contributed by atoms with E-state index in [-0.39, 0.29) is 0 Å². The van der Waals surface area contributed by atoms with Gasteiger partial charge in [0.1, 0.15) is 0 Å². The largest absolute Gasteiger partial charge is 0.371 e. The van der Waals surface area contributed by atoms with E-state index in [2.05, 4.69) is 44.5 Å². The zero-order valence-electron chi connectivity index (χ0n) is 12.5. The Kier molecular flexibility index (Phi) is 4.34. The molecule has 1 aliphatic rings. The molecule has 1 aliphatic heterocycles. The number of aryl methyl sites for hydroxylation is 1. The molecule has 0 atom stereocenters. The summed E-state index contributed by atoms with van der Waals surface area (Å²) >= 11 is 0. The van der Waals surface area contributed by atoms with Crippen LogP contribution in [0.2, 0.25) is 0 Å². The van der Waals surface area contributed by atoms with Crippen LogP contribution in [0.25, 0.3) is 0 Å². The molecule has 1 N–H and O–H groups in total. The Balaban J connectivity index is 1.71. The van der Waals surface area contributed by atoms with E-state index in [1.807, 2.05) is 19.3 Å². The fourth-order valence-corrected chi connectivity index (χ4v) is 2.76.